The minimum atomic E-state index is -0.0811. The summed E-state index contributed by atoms with van der Waals surface area (Å²) in [5.74, 6) is 0.171. The Bertz CT molecular complexity index is 885. The molecule has 6 nitrogen and oxygen atoms in total. The Morgan fingerprint density at radius 3 is 2.89 bits per heavy atom. The van der Waals surface area contributed by atoms with Crippen molar-refractivity contribution in [1.82, 2.24) is 14.8 Å². The van der Waals surface area contributed by atoms with Gasteiger partial charge in [0.25, 0.3) is 0 Å². The average Bonchev–Trinajstić information content (AvgIpc) is 3.20. The first-order valence-electron chi connectivity index (χ1n) is 9.74. The van der Waals surface area contributed by atoms with Gasteiger partial charge in [-0.25, -0.2) is 4.79 Å². The summed E-state index contributed by atoms with van der Waals surface area (Å²) in [6.45, 7) is 3.87. The number of aromatic nitrogens is 1. The Morgan fingerprint density at radius 1 is 1.29 bits per heavy atom. The number of aryl methyl sites for hydroxylation is 1. The van der Waals surface area contributed by atoms with E-state index < -0.39 is 0 Å². The maximum atomic E-state index is 12.9. The number of nitrogens with zero attached hydrogens (tertiary/aromatic N) is 3. The van der Waals surface area contributed by atoms with Crippen LogP contribution in [0, 0.1) is 18.3 Å². The van der Waals surface area contributed by atoms with E-state index in [9.17, 15) is 9.59 Å². The smallest absolute Gasteiger partial charge is 0.321 e. The first-order chi connectivity index (χ1) is 13.5. The molecule has 4 rings (SSSR count). The third kappa shape index (κ3) is 3.72. The van der Waals surface area contributed by atoms with Crippen LogP contribution in [0.4, 0.5) is 10.5 Å². The number of carbonyl (C=O) groups excluding carboxylic acids is 2. The van der Waals surface area contributed by atoms with Gasteiger partial charge in [0.05, 0.1) is 12.2 Å². The molecule has 1 spiro atoms. The van der Waals surface area contributed by atoms with Crippen molar-refractivity contribution < 1.29 is 9.59 Å². The fourth-order valence-corrected chi connectivity index (χ4v) is 4.22. The molecule has 3 amide bonds. The fraction of sp³-hybridized carbons (Fsp3) is 0.409. The van der Waals surface area contributed by atoms with Crippen LogP contribution >= 0.6 is 0 Å². The Kier molecular flexibility index (Phi) is 4.79. The summed E-state index contributed by atoms with van der Waals surface area (Å²) in [7, 11) is 1.83. The number of pyridine rings is 1. The standard InChI is InChI=1S/C22H26N4O2/c1-16-6-5-8-17(12-16)24-21(28)26-11-9-22(15-26)13-19(22)20(27)25(2)14-18-7-3-4-10-23-18/h3-8,10,12,19H,9,11,13-15H2,1-2H3,(H,24,28)/t19-,22+/m0/s1. The summed E-state index contributed by atoms with van der Waals surface area (Å²) in [5.41, 5.74) is 2.77. The lowest BCUT2D eigenvalue weighted by atomic mass is 10.0. The van der Waals surface area contributed by atoms with Crippen LogP contribution in [0.3, 0.4) is 0 Å². The molecule has 0 radical (unpaired) electrons. The maximum Gasteiger partial charge on any atom is 0.321 e. The largest absolute Gasteiger partial charge is 0.340 e. The molecule has 1 aliphatic heterocycles. The van der Waals surface area contributed by atoms with E-state index in [0.717, 1.165) is 29.8 Å². The van der Waals surface area contributed by atoms with Crippen molar-refractivity contribution >= 4 is 17.6 Å². The van der Waals surface area contributed by atoms with Gasteiger partial charge in [0, 0.05) is 43.4 Å². The second-order valence-electron chi connectivity index (χ2n) is 8.11. The lowest BCUT2D eigenvalue weighted by Crippen LogP contribution is -2.34. The number of nitrogens with one attached hydrogen (secondary N) is 1. The number of anilines is 1. The zero-order valence-electron chi connectivity index (χ0n) is 16.4. The van der Waals surface area contributed by atoms with E-state index in [0.29, 0.717) is 19.6 Å². The third-order valence-electron chi connectivity index (χ3n) is 5.93. The molecule has 0 unspecified atom stereocenters. The summed E-state index contributed by atoms with van der Waals surface area (Å²) in [5, 5.41) is 2.97. The van der Waals surface area contributed by atoms with E-state index in [1.54, 1.807) is 11.1 Å². The van der Waals surface area contributed by atoms with Crippen LogP contribution in [-0.4, -0.2) is 46.9 Å². The molecule has 1 saturated heterocycles. The first-order valence-corrected chi connectivity index (χ1v) is 9.74. The normalized spacial score (nSPS) is 22.9. The molecule has 146 valence electrons. The number of urea groups is 1. The van der Waals surface area contributed by atoms with Gasteiger partial charge in [0.2, 0.25) is 5.91 Å². The minimum Gasteiger partial charge on any atom is -0.340 e. The Hall–Kier alpha value is -2.89. The first kappa shape index (κ1) is 18.5. The van der Waals surface area contributed by atoms with Crippen LogP contribution in [0.2, 0.25) is 0 Å². The van der Waals surface area contributed by atoms with E-state index in [1.807, 2.05) is 61.3 Å². The molecule has 1 aliphatic carbocycles. The van der Waals surface area contributed by atoms with Crippen molar-refractivity contribution in [3.8, 4) is 0 Å². The predicted octanol–water partition coefficient (Wildman–Crippen LogP) is 3.29. The van der Waals surface area contributed by atoms with E-state index in [4.69, 9.17) is 0 Å². The lowest BCUT2D eigenvalue weighted by Gasteiger charge is -2.20. The highest BCUT2D eigenvalue weighted by atomic mass is 16.2. The number of hydrogen-bond donors (Lipinski definition) is 1. The Balaban J connectivity index is 1.33. The highest BCUT2D eigenvalue weighted by molar-refractivity contribution is 5.90. The van der Waals surface area contributed by atoms with Crippen LogP contribution in [0.1, 0.15) is 24.1 Å². The second-order valence-corrected chi connectivity index (χ2v) is 8.11. The highest BCUT2D eigenvalue weighted by Crippen LogP contribution is 2.59. The van der Waals surface area contributed by atoms with Crippen molar-refractivity contribution in [3.05, 3.63) is 59.9 Å². The molecule has 1 aromatic heterocycles. The molecular formula is C22H26N4O2. The zero-order valence-corrected chi connectivity index (χ0v) is 16.4. The van der Waals surface area contributed by atoms with E-state index in [2.05, 4.69) is 10.3 Å². The summed E-state index contributed by atoms with van der Waals surface area (Å²) < 4.78 is 0. The summed E-state index contributed by atoms with van der Waals surface area (Å²) in [6, 6.07) is 13.4. The molecular weight excluding hydrogens is 352 g/mol. The molecule has 2 aliphatic rings. The predicted molar refractivity (Wildman–Crippen MR) is 108 cm³/mol. The van der Waals surface area contributed by atoms with E-state index in [-0.39, 0.29) is 23.3 Å². The van der Waals surface area contributed by atoms with Crippen molar-refractivity contribution in [2.24, 2.45) is 11.3 Å². The van der Waals surface area contributed by atoms with E-state index in [1.165, 1.54) is 0 Å². The average molecular weight is 378 g/mol. The molecule has 1 N–H and O–H groups in total. The van der Waals surface area contributed by atoms with Crippen molar-refractivity contribution in [3.63, 3.8) is 0 Å². The van der Waals surface area contributed by atoms with Gasteiger partial charge >= 0.3 is 6.03 Å². The number of hydrogen-bond acceptors (Lipinski definition) is 3. The van der Waals surface area contributed by atoms with Crippen LogP contribution in [0.15, 0.2) is 48.7 Å². The van der Waals surface area contributed by atoms with Crippen LogP contribution < -0.4 is 5.32 Å². The third-order valence-corrected chi connectivity index (χ3v) is 5.93. The van der Waals surface area contributed by atoms with E-state index >= 15 is 0 Å². The molecule has 1 aromatic carbocycles. The summed E-state index contributed by atoms with van der Waals surface area (Å²) >= 11 is 0. The van der Waals surface area contributed by atoms with Gasteiger partial charge in [-0.3, -0.25) is 9.78 Å². The van der Waals surface area contributed by atoms with Gasteiger partial charge < -0.3 is 15.1 Å². The number of carbonyl (C=O) groups is 2. The van der Waals surface area contributed by atoms with Gasteiger partial charge in [-0.15, -0.1) is 0 Å². The van der Waals surface area contributed by atoms with Gasteiger partial charge in [-0.2, -0.15) is 0 Å². The number of rotatable bonds is 4. The molecule has 2 atom stereocenters. The Labute approximate surface area is 165 Å². The van der Waals surface area contributed by atoms with Crippen molar-refractivity contribution in [2.75, 3.05) is 25.5 Å². The zero-order chi connectivity index (χ0) is 19.7. The molecule has 0 bridgehead atoms. The lowest BCUT2D eigenvalue weighted by molar-refractivity contribution is -0.132. The van der Waals surface area contributed by atoms with Crippen molar-refractivity contribution in [1.29, 1.82) is 0 Å². The highest BCUT2D eigenvalue weighted by Gasteiger charge is 2.61. The van der Waals surface area contributed by atoms with Crippen LogP contribution in [0.25, 0.3) is 0 Å². The van der Waals surface area contributed by atoms with Crippen LogP contribution in [-0.2, 0) is 11.3 Å². The maximum absolute atomic E-state index is 12.9. The van der Waals surface area contributed by atoms with Crippen molar-refractivity contribution in [2.45, 2.75) is 26.3 Å². The molecule has 28 heavy (non-hydrogen) atoms. The number of likely N-dealkylation sites (tertiary alicyclic amines) is 1. The number of benzene rings is 1. The van der Waals surface area contributed by atoms with Gasteiger partial charge in [-0.1, -0.05) is 18.2 Å². The van der Waals surface area contributed by atoms with Gasteiger partial charge in [-0.05, 0) is 49.6 Å². The fourth-order valence-electron chi connectivity index (χ4n) is 4.22. The van der Waals surface area contributed by atoms with Gasteiger partial charge in [0.1, 0.15) is 0 Å². The summed E-state index contributed by atoms with van der Waals surface area (Å²) in [6.07, 6.45) is 3.50. The molecule has 6 heteroatoms. The molecule has 2 fully saturated rings. The topological polar surface area (TPSA) is 65.5 Å². The second kappa shape index (κ2) is 7.26. The minimum absolute atomic E-state index is 0.0120. The Morgan fingerprint density at radius 2 is 2.14 bits per heavy atom. The van der Waals surface area contributed by atoms with Crippen LogP contribution in [0.5, 0.6) is 0 Å². The molecule has 2 heterocycles. The summed E-state index contributed by atoms with van der Waals surface area (Å²) in [4.78, 5) is 33.4. The number of amides is 3. The van der Waals surface area contributed by atoms with Gasteiger partial charge in [0.15, 0.2) is 0 Å². The monoisotopic (exact) mass is 378 g/mol. The molecule has 2 aromatic rings. The SMILES string of the molecule is Cc1cccc(NC(=O)N2CC[C@@]3(C[C@H]3C(=O)N(C)Cc3ccccn3)C2)c1. The molecule has 1 saturated carbocycles. The quantitative estimate of drug-likeness (QED) is 0.888.